The molecule has 0 saturated carbocycles. The maximum Gasteiger partial charge on any atom is 0.307 e. The lowest BCUT2D eigenvalue weighted by atomic mass is 9.89. The molecule has 2 heterocycles. The van der Waals surface area contributed by atoms with Gasteiger partial charge < -0.3 is 23.7 Å². The number of benzene rings is 1. The molecule has 1 unspecified atom stereocenters. The molecule has 3 rings (SSSR count). The third-order valence-electron chi connectivity index (χ3n) is 5.19. The van der Waals surface area contributed by atoms with Crippen LogP contribution in [0.5, 0.6) is 11.5 Å². The zero-order chi connectivity index (χ0) is 21.3. The van der Waals surface area contributed by atoms with Crippen molar-refractivity contribution in [2.75, 3.05) is 27.9 Å². The van der Waals surface area contributed by atoms with Gasteiger partial charge in [0.25, 0.3) is 5.91 Å². The number of ether oxygens (including phenoxy) is 3. The second-order valence-electron chi connectivity index (χ2n) is 6.68. The van der Waals surface area contributed by atoms with Crippen LogP contribution in [0.2, 0.25) is 10.2 Å². The van der Waals surface area contributed by atoms with E-state index in [1.54, 1.807) is 26.2 Å². The first-order valence-corrected chi connectivity index (χ1v) is 9.71. The maximum atomic E-state index is 13.3. The molecule has 1 amide bonds. The van der Waals surface area contributed by atoms with E-state index < -0.39 is 12.0 Å². The maximum absolute atomic E-state index is 13.3. The van der Waals surface area contributed by atoms with Crippen molar-refractivity contribution in [2.24, 2.45) is 7.05 Å². The highest BCUT2D eigenvalue weighted by atomic mass is 35.5. The number of hydrogen-bond acceptors (Lipinski definition) is 5. The van der Waals surface area contributed by atoms with Crippen LogP contribution in [0.4, 0.5) is 0 Å². The van der Waals surface area contributed by atoms with Gasteiger partial charge in [-0.25, -0.2) is 0 Å². The summed E-state index contributed by atoms with van der Waals surface area (Å²) in [5, 5.41) is 0.578. The van der Waals surface area contributed by atoms with Crippen molar-refractivity contribution in [3.05, 3.63) is 45.2 Å². The number of methoxy groups -OCH3 is 3. The standard InChI is InChI=1S/C20H22Cl2N2O5/c1-23-15(9-13(21)19(23)22)20(26)24-6-5-11-7-16(27-2)17(28-3)8-12(11)14(24)10-18(25)29-4/h7-9,14H,5-6,10H2,1-4H3. The number of carbonyl (C=O) groups excluding carboxylic acids is 2. The first kappa shape index (κ1) is 21.3. The molecule has 2 aromatic rings. The Morgan fingerprint density at radius 2 is 1.76 bits per heavy atom. The summed E-state index contributed by atoms with van der Waals surface area (Å²) in [5.74, 6) is 0.443. The van der Waals surface area contributed by atoms with Gasteiger partial charge in [-0.15, -0.1) is 0 Å². The normalized spacial score (nSPS) is 15.7. The van der Waals surface area contributed by atoms with Crippen molar-refractivity contribution in [1.82, 2.24) is 9.47 Å². The second kappa shape index (κ2) is 8.55. The molecule has 9 heteroatoms. The van der Waals surface area contributed by atoms with Gasteiger partial charge in [0.2, 0.25) is 0 Å². The number of halogens is 2. The molecule has 1 aliphatic heterocycles. The molecule has 0 radical (unpaired) electrons. The van der Waals surface area contributed by atoms with Gasteiger partial charge in [-0.1, -0.05) is 23.2 Å². The Labute approximate surface area is 179 Å². The highest BCUT2D eigenvalue weighted by Gasteiger charge is 2.35. The van der Waals surface area contributed by atoms with Crippen LogP contribution in [0.25, 0.3) is 0 Å². The molecule has 29 heavy (non-hydrogen) atoms. The second-order valence-corrected chi connectivity index (χ2v) is 7.44. The highest BCUT2D eigenvalue weighted by Crippen LogP contribution is 2.40. The summed E-state index contributed by atoms with van der Waals surface area (Å²) in [5.41, 5.74) is 2.15. The SMILES string of the molecule is COC(=O)CC1c2cc(OC)c(OC)cc2CCN1C(=O)c1cc(Cl)c(Cl)n1C. The minimum absolute atomic E-state index is 0.0105. The van der Waals surface area contributed by atoms with E-state index in [1.807, 2.05) is 12.1 Å². The third kappa shape index (κ3) is 3.89. The summed E-state index contributed by atoms with van der Waals surface area (Å²) < 4.78 is 17.2. The van der Waals surface area contributed by atoms with E-state index in [9.17, 15) is 9.59 Å². The van der Waals surface area contributed by atoms with Crippen molar-refractivity contribution < 1.29 is 23.8 Å². The molecular weight excluding hydrogens is 419 g/mol. The summed E-state index contributed by atoms with van der Waals surface area (Å²) >= 11 is 12.2. The third-order valence-corrected chi connectivity index (χ3v) is 6.03. The number of carbonyl (C=O) groups is 2. The van der Waals surface area contributed by atoms with E-state index in [-0.39, 0.29) is 17.5 Å². The average Bonchev–Trinajstić information content (AvgIpc) is 2.99. The van der Waals surface area contributed by atoms with E-state index in [1.165, 1.54) is 17.7 Å². The van der Waals surface area contributed by atoms with E-state index in [0.717, 1.165) is 11.1 Å². The fourth-order valence-electron chi connectivity index (χ4n) is 3.63. The lowest BCUT2D eigenvalue weighted by molar-refractivity contribution is -0.141. The smallest absolute Gasteiger partial charge is 0.307 e. The largest absolute Gasteiger partial charge is 0.493 e. The summed E-state index contributed by atoms with van der Waals surface area (Å²) in [6.45, 7) is 0.420. The number of fused-ring (bicyclic) bond motifs is 1. The van der Waals surface area contributed by atoms with Crippen LogP contribution in [-0.4, -0.2) is 49.2 Å². The number of amides is 1. The van der Waals surface area contributed by atoms with Crippen molar-refractivity contribution >= 4 is 35.1 Å². The van der Waals surface area contributed by atoms with Gasteiger partial charge >= 0.3 is 5.97 Å². The molecule has 0 bridgehead atoms. The first-order chi connectivity index (χ1) is 13.8. The molecule has 1 aliphatic rings. The van der Waals surface area contributed by atoms with Crippen LogP contribution in [0.3, 0.4) is 0 Å². The summed E-state index contributed by atoms with van der Waals surface area (Å²) in [7, 11) is 6.10. The molecule has 7 nitrogen and oxygen atoms in total. The van der Waals surface area contributed by atoms with E-state index in [2.05, 4.69) is 0 Å². The predicted octanol–water partition coefficient (Wildman–Crippen LogP) is 3.65. The Morgan fingerprint density at radius 3 is 2.31 bits per heavy atom. The predicted molar refractivity (Wildman–Crippen MR) is 109 cm³/mol. The van der Waals surface area contributed by atoms with Crippen molar-refractivity contribution in [3.63, 3.8) is 0 Å². The Morgan fingerprint density at radius 1 is 1.10 bits per heavy atom. The fraction of sp³-hybridized carbons (Fsp3) is 0.400. The lowest BCUT2D eigenvalue weighted by Gasteiger charge is -2.37. The first-order valence-electron chi connectivity index (χ1n) is 8.95. The Bertz CT molecular complexity index is 957. The van der Waals surface area contributed by atoms with Crippen LogP contribution in [-0.2, 0) is 23.0 Å². The molecule has 1 atom stereocenters. The number of rotatable bonds is 5. The minimum Gasteiger partial charge on any atom is -0.493 e. The topological polar surface area (TPSA) is 70.0 Å². The van der Waals surface area contributed by atoms with Crippen LogP contribution in [0.15, 0.2) is 18.2 Å². The van der Waals surface area contributed by atoms with Crippen molar-refractivity contribution in [2.45, 2.75) is 18.9 Å². The monoisotopic (exact) mass is 440 g/mol. The molecule has 1 aromatic carbocycles. The average molecular weight is 441 g/mol. The van der Waals surface area contributed by atoms with Gasteiger partial charge in [-0.3, -0.25) is 9.59 Å². The number of aromatic nitrogens is 1. The van der Waals surface area contributed by atoms with E-state index >= 15 is 0 Å². The summed E-state index contributed by atoms with van der Waals surface area (Å²) in [6.07, 6.45) is 0.613. The van der Waals surface area contributed by atoms with Crippen molar-refractivity contribution in [3.8, 4) is 11.5 Å². The van der Waals surface area contributed by atoms with E-state index in [0.29, 0.717) is 35.2 Å². The van der Waals surface area contributed by atoms with Crippen LogP contribution >= 0.6 is 23.2 Å². The zero-order valence-electron chi connectivity index (χ0n) is 16.6. The molecule has 156 valence electrons. The Hall–Kier alpha value is -2.38. The summed E-state index contributed by atoms with van der Waals surface area (Å²) in [4.78, 5) is 27.1. The van der Waals surface area contributed by atoms with Gasteiger partial charge in [0.05, 0.1) is 38.8 Å². The minimum atomic E-state index is -0.522. The van der Waals surface area contributed by atoms with Gasteiger partial charge in [0, 0.05) is 13.6 Å². The summed E-state index contributed by atoms with van der Waals surface area (Å²) in [6, 6.07) is 4.71. The molecule has 0 fully saturated rings. The molecule has 0 spiro atoms. The van der Waals surface area contributed by atoms with Crippen LogP contribution < -0.4 is 9.47 Å². The molecule has 0 aliphatic carbocycles. The van der Waals surface area contributed by atoms with Gasteiger partial charge in [0.1, 0.15) is 10.8 Å². The van der Waals surface area contributed by atoms with Crippen LogP contribution in [0.1, 0.15) is 34.1 Å². The quantitative estimate of drug-likeness (QED) is 0.663. The number of nitrogens with zero attached hydrogens (tertiary/aromatic N) is 2. The molecule has 1 aromatic heterocycles. The lowest BCUT2D eigenvalue weighted by Crippen LogP contribution is -2.41. The van der Waals surface area contributed by atoms with Gasteiger partial charge in [-0.05, 0) is 35.7 Å². The van der Waals surface area contributed by atoms with Gasteiger partial charge in [0.15, 0.2) is 11.5 Å². The Balaban J connectivity index is 2.07. The molecule has 0 N–H and O–H groups in total. The number of esters is 1. The van der Waals surface area contributed by atoms with Crippen LogP contribution in [0, 0.1) is 0 Å². The van der Waals surface area contributed by atoms with Crippen molar-refractivity contribution in [1.29, 1.82) is 0 Å². The molecule has 0 saturated heterocycles. The number of hydrogen-bond donors (Lipinski definition) is 0. The van der Waals surface area contributed by atoms with E-state index in [4.69, 9.17) is 37.4 Å². The highest BCUT2D eigenvalue weighted by molar-refractivity contribution is 6.41. The Kier molecular flexibility index (Phi) is 6.29. The zero-order valence-corrected chi connectivity index (χ0v) is 18.1. The fourth-order valence-corrected chi connectivity index (χ4v) is 4.00. The van der Waals surface area contributed by atoms with Gasteiger partial charge in [-0.2, -0.15) is 0 Å². The molecular formula is C20H22Cl2N2O5.